The van der Waals surface area contributed by atoms with Crippen molar-refractivity contribution in [3.63, 3.8) is 0 Å². The summed E-state index contributed by atoms with van der Waals surface area (Å²) in [6.45, 7) is 1.57. The van der Waals surface area contributed by atoms with E-state index in [1.165, 1.54) is 17.2 Å². The fraction of sp³-hybridized carbons (Fsp3) is 0.0833. The summed E-state index contributed by atoms with van der Waals surface area (Å²) in [5.74, 6) is -0.213. The lowest BCUT2D eigenvalue weighted by Gasteiger charge is -2.13. The van der Waals surface area contributed by atoms with Gasteiger partial charge in [-0.1, -0.05) is 36.4 Å². The number of hydrogen-bond donors (Lipinski definition) is 1. The molecule has 0 amide bonds. The fourth-order valence-electron chi connectivity index (χ4n) is 3.77. The zero-order chi connectivity index (χ0) is 18.9. The van der Waals surface area contributed by atoms with Crippen LogP contribution < -0.4 is 5.32 Å². The average molecular weight is 367 g/mol. The Kier molecular flexibility index (Phi) is 4.18. The van der Waals surface area contributed by atoms with Crippen LogP contribution in [0.3, 0.4) is 0 Å². The van der Waals surface area contributed by atoms with E-state index in [4.69, 9.17) is 0 Å². The molecule has 0 bridgehead atoms. The van der Waals surface area contributed by atoms with Crippen molar-refractivity contribution in [1.29, 1.82) is 0 Å². The van der Waals surface area contributed by atoms with Crippen molar-refractivity contribution in [2.75, 3.05) is 6.54 Å². The van der Waals surface area contributed by atoms with E-state index in [1.54, 1.807) is 12.3 Å². The summed E-state index contributed by atoms with van der Waals surface area (Å²) in [6.07, 6.45) is 3.88. The van der Waals surface area contributed by atoms with Gasteiger partial charge in [0, 0.05) is 24.8 Å². The van der Waals surface area contributed by atoms with Crippen molar-refractivity contribution in [1.82, 2.24) is 15.5 Å². The number of halogens is 1. The normalized spacial score (nSPS) is 13.7. The molecule has 3 nitrogen and oxygen atoms in total. The highest BCUT2D eigenvalue weighted by atomic mass is 19.1. The molecule has 0 saturated carbocycles. The molecule has 0 atom stereocenters. The first-order valence-corrected chi connectivity index (χ1v) is 9.30. The molecule has 0 unspecified atom stereocenters. The molecule has 5 rings (SSSR count). The third-order valence-corrected chi connectivity index (χ3v) is 5.14. The quantitative estimate of drug-likeness (QED) is 0.543. The lowest BCUT2D eigenvalue weighted by molar-refractivity contribution is 0.630. The molecule has 136 valence electrons. The molecule has 1 N–H and O–H groups in total. The Morgan fingerprint density at radius 2 is 1.75 bits per heavy atom. The van der Waals surface area contributed by atoms with Gasteiger partial charge in [0.05, 0.1) is 5.69 Å². The van der Waals surface area contributed by atoms with Crippen LogP contribution in [0.4, 0.5) is 4.39 Å². The van der Waals surface area contributed by atoms with Gasteiger partial charge in [-0.05, 0) is 69.4 Å². The fourth-order valence-corrected chi connectivity index (χ4v) is 3.77. The van der Waals surface area contributed by atoms with Gasteiger partial charge in [0.2, 0.25) is 0 Å². The van der Waals surface area contributed by atoms with Gasteiger partial charge in [-0.3, -0.25) is 0 Å². The van der Waals surface area contributed by atoms with Crippen LogP contribution in [-0.4, -0.2) is 16.7 Å². The number of hydrogen-bond acceptors (Lipinski definition) is 3. The summed E-state index contributed by atoms with van der Waals surface area (Å²) in [6, 6.07) is 21.4. The van der Waals surface area contributed by atoms with Gasteiger partial charge in [-0.2, -0.15) is 10.2 Å². The van der Waals surface area contributed by atoms with Gasteiger partial charge in [0.25, 0.3) is 0 Å². The Bertz CT molecular complexity index is 1200. The second-order valence-corrected chi connectivity index (χ2v) is 6.94. The summed E-state index contributed by atoms with van der Waals surface area (Å²) in [5, 5.41) is 13.6. The summed E-state index contributed by atoms with van der Waals surface area (Å²) in [4.78, 5) is 0. The van der Waals surface area contributed by atoms with Gasteiger partial charge >= 0.3 is 0 Å². The van der Waals surface area contributed by atoms with Gasteiger partial charge < -0.3 is 5.32 Å². The van der Waals surface area contributed by atoms with Crippen LogP contribution in [0.25, 0.3) is 27.6 Å². The van der Waals surface area contributed by atoms with E-state index in [1.807, 2.05) is 18.2 Å². The maximum Gasteiger partial charge on any atom is 0.123 e. The summed E-state index contributed by atoms with van der Waals surface area (Å²) in [5.41, 5.74) is 6.57. The number of benzene rings is 3. The Labute approximate surface area is 162 Å². The monoisotopic (exact) mass is 367 g/mol. The average Bonchev–Trinajstić information content (AvgIpc) is 2.96. The zero-order valence-corrected chi connectivity index (χ0v) is 15.2. The maximum absolute atomic E-state index is 13.7. The topological polar surface area (TPSA) is 37.8 Å². The van der Waals surface area contributed by atoms with E-state index >= 15 is 0 Å². The van der Waals surface area contributed by atoms with Crippen LogP contribution >= 0.6 is 0 Å². The molecule has 28 heavy (non-hydrogen) atoms. The first-order chi connectivity index (χ1) is 13.8. The number of fused-ring (bicyclic) bond motifs is 2. The smallest absolute Gasteiger partial charge is 0.123 e. The molecule has 3 aromatic carbocycles. The Balaban J connectivity index is 1.61. The zero-order valence-electron chi connectivity index (χ0n) is 15.2. The van der Waals surface area contributed by atoms with Crippen molar-refractivity contribution >= 4 is 16.3 Å². The molecule has 1 aliphatic heterocycles. The molecule has 0 fully saturated rings. The molecule has 4 heteroatoms. The molecular weight excluding hydrogens is 349 g/mol. The molecule has 4 aromatic rings. The first kappa shape index (κ1) is 16.8. The van der Waals surface area contributed by atoms with Crippen LogP contribution in [0.2, 0.25) is 0 Å². The van der Waals surface area contributed by atoms with E-state index in [2.05, 4.69) is 58.0 Å². The highest BCUT2D eigenvalue weighted by Gasteiger charge is 2.15. The largest absolute Gasteiger partial charge is 0.309 e. The van der Waals surface area contributed by atoms with Gasteiger partial charge in [0.1, 0.15) is 5.82 Å². The van der Waals surface area contributed by atoms with E-state index in [0.29, 0.717) is 0 Å². The Morgan fingerprint density at radius 3 is 2.64 bits per heavy atom. The van der Waals surface area contributed by atoms with Crippen molar-refractivity contribution in [3.8, 4) is 11.3 Å². The van der Waals surface area contributed by atoms with Crippen LogP contribution in [0, 0.1) is 5.82 Å². The summed E-state index contributed by atoms with van der Waals surface area (Å²) in [7, 11) is 0. The third kappa shape index (κ3) is 3.08. The molecule has 0 aliphatic carbocycles. The SMILES string of the molecule is Fc1ccc2ccc(C3=CCNCc4cc(-c5cccnn5)ccc43)cc2c1. The van der Waals surface area contributed by atoms with Crippen LogP contribution in [0.5, 0.6) is 0 Å². The van der Waals surface area contributed by atoms with E-state index < -0.39 is 0 Å². The second kappa shape index (κ2) is 6.98. The lowest BCUT2D eigenvalue weighted by Crippen LogP contribution is -2.11. The maximum atomic E-state index is 13.7. The van der Waals surface area contributed by atoms with E-state index in [9.17, 15) is 4.39 Å². The van der Waals surface area contributed by atoms with Crippen LogP contribution in [0.1, 0.15) is 16.7 Å². The molecule has 2 heterocycles. The Hall–Kier alpha value is -3.37. The standard InChI is InChI=1S/C24H18FN3/c25-21-7-5-16-3-4-17(12-19(16)14-21)23-9-11-26-15-20-13-18(6-8-22(20)23)24-2-1-10-27-28-24/h1-10,12-14,26H,11,15H2. The highest BCUT2D eigenvalue weighted by Crippen LogP contribution is 2.32. The van der Waals surface area contributed by atoms with Crippen molar-refractivity contribution in [2.45, 2.75) is 6.54 Å². The van der Waals surface area contributed by atoms with Crippen LogP contribution in [0.15, 0.2) is 79.0 Å². The molecule has 1 aromatic heterocycles. The second-order valence-electron chi connectivity index (χ2n) is 6.94. The summed E-state index contributed by atoms with van der Waals surface area (Å²) < 4.78 is 13.7. The minimum Gasteiger partial charge on any atom is -0.309 e. The number of aromatic nitrogens is 2. The minimum atomic E-state index is -0.213. The summed E-state index contributed by atoms with van der Waals surface area (Å²) >= 11 is 0. The predicted octanol–water partition coefficient (Wildman–Crippen LogP) is 4.97. The highest BCUT2D eigenvalue weighted by molar-refractivity contribution is 5.90. The number of nitrogens with one attached hydrogen (secondary N) is 1. The predicted molar refractivity (Wildman–Crippen MR) is 110 cm³/mol. The van der Waals surface area contributed by atoms with Gasteiger partial charge in [-0.25, -0.2) is 4.39 Å². The lowest BCUT2D eigenvalue weighted by atomic mass is 9.91. The first-order valence-electron chi connectivity index (χ1n) is 9.30. The molecule has 1 aliphatic rings. The van der Waals surface area contributed by atoms with E-state index in [0.717, 1.165) is 46.3 Å². The van der Waals surface area contributed by atoms with Gasteiger partial charge in [-0.15, -0.1) is 0 Å². The number of nitrogens with zero attached hydrogens (tertiary/aromatic N) is 2. The van der Waals surface area contributed by atoms with Crippen LogP contribution in [-0.2, 0) is 6.54 Å². The van der Waals surface area contributed by atoms with Crippen molar-refractivity contribution in [3.05, 3.63) is 102 Å². The minimum absolute atomic E-state index is 0.213. The van der Waals surface area contributed by atoms with Gasteiger partial charge in [0.15, 0.2) is 0 Å². The molecule has 0 spiro atoms. The molecule has 0 saturated heterocycles. The van der Waals surface area contributed by atoms with Crippen molar-refractivity contribution in [2.24, 2.45) is 0 Å². The number of rotatable bonds is 2. The van der Waals surface area contributed by atoms with Crippen molar-refractivity contribution < 1.29 is 4.39 Å². The third-order valence-electron chi connectivity index (χ3n) is 5.14. The van der Waals surface area contributed by atoms with E-state index in [-0.39, 0.29) is 5.82 Å². The Morgan fingerprint density at radius 1 is 0.857 bits per heavy atom. The molecular formula is C24H18FN3. The molecule has 0 radical (unpaired) electrons.